The Morgan fingerprint density at radius 3 is 2.42 bits per heavy atom. The summed E-state index contributed by atoms with van der Waals surface area (Å²) in [6.45, 7) is 2.27. The molecule has 1 aromatic heterocycles. The minimum atomic E-state index is 0.00229. The second-order valence-electron chi connectivity index (χ2n) is 8.31. The van der Waals surface area contributed by atoms with Gasteiger partial charge in [0.25, 0.3) is 0 Å². The minimum absolute atomic E-state index is 0.00229. The molecular weight excluding hydrogens is 435 g/mol. The van der Waals surface area contributed by atoms with Crippen LogP contribution in [0.25, 0.3) is 0 Å². The van der Waals surface area contributed by atoms with E-state index in [2.05, 4.69) is 20.6 Å². The molecule has 0 atom stereocenters. The second-order valence-corrected chi connectivity index (χ2v) is 9.12. The summed E-state index contributed by atoms with van der Waals surface area (Å²) in [5.74, 6) is 1.58. The third-order valence-corrected chi connectivity index (χ3v) is 6.26. The molecule has 1 aromatic carbocycles. The van der Waals surface area contributed by atoms with E-state index >= 15 is 0 Å². The maximum absolute atomic E-state index is 12.5. The molecule has 2 aromatic rings. The zero-order valence-electron chi connectivity index (χ0n) is 18.5. The lowest BCUT2D eigenvalue weighted by molar-refractivity contribution is -0.120. The Morgan fingerprint density at radius 1 is 1.10 bits per heavy atom. The summed E-state index contributed by atoms with van der Waals surface area (Å²) in [5, 5.41) is 7.59. The summed E-state index contributed by atoms with van der Waals surface area (Å²) >= 11 is 12.0. The molecule has 7 nitrogen and oxygen atoms in total. The first-order valence-electron chi connectivity index (χ1n) is 10.5. The fourth-order valence-electron chi connectivity index (χ4n) is 3.82. The van der Waals surface area contributed by atoms with Crippen LogP contribution in [0.5, 0.6) is 0 Å². The highest BCUT2D eigenvalue weighted by Gasteiger charge is 2.23. The van der Waals surface area contributed by atoms with Crippen LogP contribution in [0.3, 0.4) is 0 Å². The molecule has 1 fully saturated rings. The lowest BCUT2D eigenvalue weighted by atomic mass is 9.91. The van der Waals surface area contributed by atoms with Crippen LogP contribution in [0.1, 0.15) is 31.2 Å². The summed E-state index contributed by atoms with van der Waals surface area (Å²) in [7, 11) is 5.82. The number of amides is 1. The molecule has 0 aliphatic heterocycles. The topological polar surface area (TPSA) is 73.4 Å². The number of likely N-dealkylation sites (N-methyl/N-ethyl adjacent to an activating group) is 1. The van der Waals surface area contributed by atoms with E-state index in [4.69, 9.17) is 23.2 Å². The van der Waals surface area contributed by atoms with Gasteiger partial charge in [0.1, 0.15) is 5.82 Å². The molecule has 0 spiro atoms. The van der Waals surface area contributed by atoms with Crippen LogP contribution in [-0.4, -0.2) is 55.6 Å². The van der Waals surface area contributed by atoms with E-state index in [0.29, 0.717) is 22.0 Å². The first kappa shape index (κ1) is 23.4. The van der Waals surface area contributed by atoms with Gasteiger partial charge in [-0.3, -0.25) is 4.79 Å². The Balaban J connectivity index is 1.46. The highest BCUT2D eigenvalue weighted by Crippen LogP contribution is 2.27. The maximum Gasteiger partial charge on any atom is 0.239 e. The molecule has 0 bridgehead atoms. The van der Waals surface area contributed by atoms with E-state index in [0.717, 1.165) is 42.8 Å². The average molecular weight is 465 g/mol. The van der Waals surface area contributed by atoms with E-state index in [1.165, 1.54) is 0 Å². The molecule has 3 rings (SSSR count). The molecule has 1 saturated carbocycles. The smallest absolute Gasteiger partial charge is 0.239 e. The summed E-state index contributed by atoms with van der Waals surface area (Å²) in [5.41, 5.74) is 1.90. The van der Waals surface area contributed by atoms with Crippen molar-refractivity contribution in [3.05, 3.63) is 40.0 Å². The molecule has 31 heavy (non-hydrogen) atoms. The minimum Gasteiger partial charge on any atom is -0.365 e. The number of carbonyl (C=O) groups excluding carboxylic acids is 1. The lowest BCUT2D eigenvalue weighted by Crippen LogP contribution is -2.44. The molecule has 9 heteroatoms. The Hall–Kier alpha value is -2.25. The van der Waals surface area contributed by atoms with E-state index < -0.39 is 0 Å². The van der Waals surface area contributed by atoms with E-state index in [1.807, 2.05) is 50.1 Å². The SMILES string of the molecule is Cc1cnc(NC2CCC(NC(=O)CN(C)c3ccc(Cl)c(Cl)c3)CC2)nc1N(C)C. The Morgan fingerprint density at radius 2 is 1.77 bits per heavy atom. The van der Waals surface area contributed by atoms with Gasteiger partial charge in [-0.15, -0.1) is 0 Å². The molecule has 1 aliphatic carbocycles. The average Bonchev–Trinajstić information content (AvgIpc) is 2.72. The van der Waals surface area contributed by atoms with Crippen molar-refractivity contribution in [1.82, 2.24) is 15.3 Å². The number of rotatable bonds is 7. The lowest BCUT2D eigenvalue weighted by Gasteiger charge is -2.30. The predicted molar refractivity (Wildman–Crippen MR) is 129 cm³/mol. The van der Waals surface area contributed by atoms with E-state index in [9.17, 15) is 4.79 Å². The van der Waals surface area contributed by atoms with Gasteiger partial charge in [-0.1, -0.05) is 23.2 Å². The number of hydrogen-bond donors (Lipinski definition) is 2. The fourth-order valence-corrected chi connectivity index (χ4v) is 4.11. The van der Waals surface area contributed by atoms with Gasteiger partial charge in [0, 0.05) is 50.7 Å². The molecule has 1 aliphatic rings. The van der Waals surface area contributed by atoms with Gasteiger partial charge < -0.3 is 20.4 Å². The van der Waals surface area contributed by atoms with Crippen molar-refractivity contribution in [2.45, 2.75) is 44.7 Å². The molecule has 168 valence electrons. The molecule has 0 radical (unpaired) electrons. The predicted octanol–water partition coefficient (Wildman–Crippen LogP) is 4.13. The zero-order valence-corrected chi connectivity index (χ0v) is 20.0. The van der Waals surface area contributed by atoms with Crippen molar-refractivity contribution >= 4 is 46.6 Å². The van der Waals surface area contributed by atoms with Gasteiger partial charge in [-0.25, -0.2) is 4.98 Å². The number of nitrogens with zero attached hydrogens (tertiary/aromatic N) is 4. The van der Waals surface area contributed by atoms with Gasteiger partial charge >= 0.3 is 0 Å². The van der Waals surface area contributed by atoms with Crippen LogP contribution >= 0.6 is 23.2 Å². The van der Waals surface area contributed by atoms with Crippen LogP contribution in [0.15, 0.2) is 24.4 Å². The van der Waals surface area contributed by atoms with Crippen molar-refractivity contribution in [3.63, 3.8) is 0 Å². The van der Waals surface area contributed by atoms with Crippen LogP contribution < -0.4 is 20.4 Å². The number of aryl methyl sites for hydroxylation is 1. The Labute approximate surface area is 194 Å². The third kappa shape index (κ3) is 6.37. The third-order valence-electron chi connectivity index (χ3n) is 5.52. The number of hydrogen-bond acceptors (Lipinski definition) is 6. The van der Waals surface area contributed by atoms with Crippen molar-refractivity contribution < 1.29 is 4.79 Å². The summed E-state index contributed by atoms with van der Waals surface area (Å²) in [6, 6.07) is 5.85. The normalized spacial score (nSPS) is 18.4. The molecular formula is C22H30Cl2N6O. The van der Waals surface area contributed by atoms with Gasteiger partial charge in [0.05, 0.1) is 16.6 Å². The quantitative estimate of drug-likeness (QED) is 0.641. The van der Waals surface area contributed by atoms with Crippen LogP contribution in [0.2, 0.25) is 10.0 Å². The monoisotopic (exact) mass is 464 g/mol. The van der Waals surface area contributed by atoms with Crippen molar-refractivity contribution in [2.24, 2.45) is 0 Å². The Kier molecular flexibility index (Phi) is 7.84. The maximum atomic E-state index is 12.5. The largest absolute Gasteiger partial charge is 0.365 e. The van der Waals surface area contributed by atoms with Gasteiger partial charge in [0.2, 0.25) is 11.9 Å². The van der Waals surface area contributed by atoms with Crippen LogP contribution in [-0.2, 0) is 4.79 Å². The van der Waals surface area contributed by atoms with Crippen molar-refractivity contribution in [3.8, 4) is 0 Å². The first-order chi connectivity index (χ1) is 14.7. The number of halogens is 2. The van der Waals surface area contributed by atoms with Gasteiger partial charge in [-0.05, 0) is 50.8 Å². The molecule has 0 saturated heterocycles. The van der Waals surface area contributed by atoms with Crippen LogP contribution in [0, 0.1) is 6.92 Å². The van der Waals surface area contributed by atoms with Crippen molar-refractivity contribution in [1.29, 1.82) is 0 Å². The Bertz CT molecular complexity index is 915. The molecule has 1 heterocycles. The second kappa shape index (κ2) is 10.4. The first-order valence-corrected chi connectivity index (χ1v) is 11.2. The molecule has 2 N–H and O–H groups in total. The van der Waals surface area contributed by atoms with E-state index in [-0.39, 0.29) is 18.5 Å². The highest BCUT2D eigenvalue weighted by molar-refractivity contribution is 6.42. The number of aromatic nitrogens is 2. The summed E-state index contributed by atoms with van der Waals surface area (Å²) in [6.07, 6.45) is 5.61. The van der Waals surface area contributed by atoms with Crippen LogP contribution in [0.4, 0.5) is 17.5 Å². The summed E-state index contributed by atoms with van der Waals surface area (Å²) in [4.78, 5) is 25.4. The standard InChI is InChI=1S/C22H30Cl2N6O/c1-14-12-25-22(28-21(14)29(2)3)27-16-7-5-15(6-8-16)26-20(31)13-30(4)17-9-10-18(23)19(24)11-17/h9-12,15-16H,5-8,13H2,1-4H3,(H,26,31)(H,25,27,28). The fraction of sp³-hybridized carbons (Fsp3) is 0.500. The zero-order chi connectivity index (χ0) is 22.5. The molecule has 0 unspecified atom stereocenters. The number of anilines is 3. The number of benzene rings is 1. The van der Waals surface area contributed by atoms with Gasteiger partial charge in [0.15, 0.2) is 0 Å². The molecule has 1 amide bonds. The highest BCUT2D eigenvalue weighted by atomic mass is 35.5. The van der Waals surface area contributed by atoms with Crippen molar-refractivity contribution in [2.75, 3.05) is 42.8 Å². The number of carbonyl (C=O) groups is 1. The van der Waals surface area contributed by atoms with Gasteiger partial charge in [-0.2, -0.15) is 4.98 Å². The summed E-state index contributed by atoms with van der Waals surface area (Å²) < 4.78 is 0. The van der Waals surface area contributed by atoms with E-state index in [1.54, 1.807) is 12.1 Å². The number of nitrogens with one attached hydrogen (secondary N) is 2.